The van der Waals surface area contributed by atoms with Crippen LogP contribution >= 0.6 is 0 Å². The summed E-state index contributed by atoms with van der Waals surface area (Å²) in [5.41, 5.74) is 0. The van der Waals surface area contributed by atoms with Crippen molar-refractivity contribution in [3.8, 4) is 0 Å². The van der Waals surface area contributed by atoms with Gasteiger partial charge in [-0.2, -0.15) is 13.2 Å². The van der Waals surface area contributed by atoms with E-state index in [1.165, 1.54) is 12.2 Å². The van der Waals surface area contributed by atoms with Crippen molar-refractivity contribution < 1.29 is 27.4 Å². The minimum Gasteiger partial charge on any atom is -0.348 e. The maximum absolute atomic E-state index is 12.0. The zero-order valence-corrected chi connectivity index (χ0v) is 8.58. The summed E-state index contributed by atoms with van der Waals surface area (Å²) in [5.74, 6) is -2.00. The van der Waals surface area contributed by atoms with Crippen LogP contribution in [0.15, 0.2) is 12.2 Å². The van der Waals surface area contributed by atoms with Crippen LogP contribution in [0.4, 0.5) is 13.2 Å². The van der Waals surface area contributed by atoms with Crippen molar-refractivity contribution in [2.75, 3.05) is 13.2 Å². The number of hydrogen-bond acceptors (Lipinski definition) is 3. The van der Waals surface area contributed by atoms with Crippen LogP contribution in [-0.2, 0) is 14.3 Å². The fourth-order valence-electron chi connectivity index (χ4n) is 1.23. The lowest BCUT2D eigenvalue weighted by atomic mass is 10.2. The van der Waals surface area contributed by atoms with E-state index in [1.54, 1.807) is 12.2 Å². The second kappa shape index (κ2) is 5.31. The Morgan fingerprint density at radius 1 is 1.44 bits per heavy atom. The van der Waals surface area contributed by atoms with Gasteiger partial charge < -0.3 is 14.8 Å². The van der Waals surface area contributed by atoms with E-state index in [0.29, 0.717) is 13.2 Å². The molecule has 16 heavy (non-hydrogen) atoms. The predicted octanol–water partition coefficient (Wildman–Crippen LogP) is 0.982. The van der Waals surface area contributed by atoms with E-state index < -0.39 is 24.4 Å². The second-order valence-corrected chi connectivity index (χ2v) is 3.13. The number of ether oxygens (including phenoxy) is 2. The first-order valence-corrected chi connectivity index (χ1v) is 4.69. The second-order valence-electron chi connectivity index (χ2n) is 3.13. The van der Waals surface area contributed by atoms with Crippen LogP contribution in [0.1, 0.15) is 6.92 Å². The van der Waals surface area contributed by atoms with Crippen LogP contribution in [0.2, 0.25) is 0 Å². The van der Waals surface area contributed by atoms with Gasteiger partial charge in [-0.05, 0) is 6.92 Å². The number of amides is 1. The van der Waals surface area contributed by atoms with E-state index in [-0.39, 0.29) is 0 Å². The molecule has 0 aliphatic carbocycles. The van der Waals surface area contributed by atoms with Crippen LogP contribution in [0.25, 0.3) is 0 Å². The van der Waals surface area contributed by atoms with E-state index in [2.05, 4.69) is 0 Å². The molecule has 1 atom stereocenters. The summed E-state index contributed by atoms with van der Waals surface area (Å²) in [6, 6.07) is -0.929. The third kappa shape index (κ3) is 3.49. The summed E-state index contributed by atoms with van der Waals surface area (Å²) in [6.45, 7) is 2.24. The van der Waals surface area contributed by atoms with Crippen LogP contribution in [-0.4, -0.2) is 37.6 Å². The first kappa shape index (κ1) is 13.0. The summed E-state index contributed by atoms with van der Waals surface area (Å²) in [4.78, 5) is 10.7. The van der Waals surface area contributed by atoms with Crippen LogP contribution in [0.3, 0.4) is 0 Å². The van der Waals surface area contributed by atoms with Gasteiger partial charge in [-0.25, -0.2) is 0 Å². The molecule has 1 aliphatic rings. The summed E-state index contributed by atoms with van der Waals surface area (Å²) in [7, 11) is 0. The molecule has 0 aromatic heterocycles. The Kier molecular flexibility index (Phi) is 4.31. The molecule has 1 N–H and O–H groups in total. The van der Waals surface area contributed by atoms with Gasteiger partial charge in [0.2, 0.25) is 0 Å². The molecule has 4 nitrogen and oxygen atoms in total. The molecule has 0 aromatic rings. The SMILES string of the molecule is C/C=C/[C@H](NC(=O)C(F)(F)F)C1OCCO1. The quantitative estimate of drug-likeness (QED) is 0.747. The number of carbonyl (C=O) groups excluding carboxylic acids is 1. The average Bonchev–Trinajstić information content (AvgIpc) is 2.68. The Morgan fingerprint density at radius 3 is 2.44 bits per heavy atom. The molecule has 0 spiro atoms. The summed E-state index contributed by atoms with van der Waals surface area (Å²) >= 11 is 0. The van der Waals surface area contributed by atoms with Gasteiger partial charge in [0.15, 0.2) is 6.29 Å². The van der Waals surface area contributed by atoms with Gasteiger partial charge in [-0.1, -0.05) is 12.2 Å². The number of carbonyl (C=O) groups is 1. The molecule has 1 rings (SSSR count). The molecule has 1 saturated heterocycles. The van der Waals surface area contributed by atoms with Crippen LogP contribution in [0, 0.1) is 0 Å². The number of hydrogen-bond donors (Lipinski definition) is 1. The Morgan fingerprint density at radius 2 is 2.00 bits per heavy atom. The standard InChI is InChI=1S/C9H12F3NO3/c1-2-3-6(7-15-4-5-16-7)13-8(14)9(10,11)12/h2-3,6-7H,4-5H2,1H3,(H,13,14)/b3-2+/t6-/m0/s1. The fourth-order valence-corrected chi connectivity index (χ4v) is 1.23. The Bertz CT molecular complexity index is 272. The number of rotatable bonds is 3. The van der Waals surface area contributed by atoms with Gasteiger partial charge >= 0.3 is 12.1 Å². The van der Waals surface area contributed by atoms with E-state index in [4.69, 9.17) is 9.47 Å². The minimum atomic E-state index is -4.90. The molecule has 1 heterocycles. The van der Waals surface area contributed by atoms with Crippen molar-refractivity contribution in [1.29, 1.82) is 0 Å². The van der Waals surface area contributed by atoms with E-state index in [9.17, 15) is 18.0 Å². The number of allylic oxidation sites excluding steroid dienone is 1. The topological polar surface area (TPSA) is 47.6 Å². The first-order chi connectivity index (χ1) is 7.45. The monoisotopic (exact) mass is 239 g/mol. The maximum atomic E-state index is 12.0. The molecule has 0 radical (unpaired) electrons. The number of alkyl halides is 3. The third-order valence-electron chi connectivity index (χ3n) is 1.90. The minimum absolute atomic E-state index is 0.306. The third-order valence-corrected chi connectivity index (χ3v) is 1.90. The zero-order chi connectivity index (χ0) is 12.2. The molecule has 7 heteroatoms. The smallest absolute Gasteiger partial charge is 0.348 e. The summed E-state index contributed by atoms with van der Waals surface area (Å²) in [6.07, 6.45) is -2.85. The average molecular weight is 239 g/mol. The molecule has 0 saturated carbocycles. The van der Waals surface area contributed by atoms with Gasteiger partial charge in [-0.15, -0.1) is 0 Å². The van der Waals surface area contributed by atoms with Gasteiger partial charge in [0, 0.05) is 0 Å². The summed E-state index contributed by atoms with van der Waals surface area (Å²) < 4.78 is 46.1. The van der Waals surface area contributed by atoms with Gasteiger partial charge in [-0.3, -0.25) is 4.79 Å². The Hall–Kier alpha value is -1.08. The Labute approximate surface area is 90.4 Å². The molecule has 0 bridgehead atoms. The lowest BCUT2D eigenvalue weighted by molar-refractivity contribution is -0.176. The molecular formula is C9H12F3NO3. The highest BCUT2D eigenvalue weighted by atomic mass is 19.4. The number of nitrogens with one attached hydrogen (secondary N) is 1. The van der Waals surface area contributed by atoms with E-state index in [0.717, 1.165) is 0 Å². The fraction of sp³-hybridized carbons (Fsp3) is 0.667. The normalized spacial score (nSPS) is 20.2. The first-order valence-electron chi connectivity index (χ1n) is 4.69. The highest BCUT2D eigenvalue weighted by Gasteiger charge is 2.41. The lowest BCUT2D eigenvalue weighted by Crippen LogP contribution is -2.47. The molecule has 0 unspecified atom stereocenters. The van der Waals surface area contributed by atoms with Gasteiger partial charge in [0.25, 0.3) is 0 Å². The highest BCUT2D eigenvalue weighted by Crippen LogP contribution is 2.16. The molecular weight excluding hydrogens is 227 g/mol. The van der Waals surface area contributed by atoms with Crippen LogP contribution < -0.4 is 5.32 Å². The number of halogens is 3. The lowest BCUT2D eigenvalue weighted by Gasteiger charge is -2.20. The molecule has 0 aromatic carbocycles. The highest BCUT2D eigenvalue weighted by molar-refractivity contribution is 5.82. The summed E-state index contributed by atoms with van der Waals surface area (Å²) in [5, 5.41) is 1.80. The molecule has 1 amide bonds. The van der Waals surface area contributed by atoms with Crippen molar-refractivity contribution in [3.63, 3.8) is 0 Å². The van der Waals surface area contributed by atoms with Crippen molar-refractivity contribution in [3.05, 3.63) is 12.2 Å². The van der Waals surface area contributed by atoms with Crippen molar-refractivity contribution >= 4 is 5.91 Å². The van der Waals surface area contributed by atoms with E-state index >= 15 is 0 Å². The molecule has 1 aliphatic heterocycles. The zero-order valence-electron chi connectivity index (χ0n) is 8.58. The predicted molar refractivity (Wildman–Crippen MR) is 48.5 cm³/mol. The van der Waals surface area contributed by atoms with Crippen LogP contribution in [0.5, 0.6) is 0 Å². The van der Waals surface area contributed by atoms with Crippen molar-refractivity contribution in [1.82, 2.24) is 5.32 Å². The Balaban J connectivity index is 2.61. The van der Waals surface area contributed by atoms with Gasteiger partial charge in [0.05, 0.1) is 19.3 Å². The largest absolute Gasteiger partial charge is 0.471 e. The van der Waals surface area contributed by atoms with E-state index in [1.807, 2.05) is 0 Å². The maximum Gasteiger partial charge on any atom is 0.471 e. The molecule has 1 fully saturated rings. The van der Waals surface area contributed by atoms with Crippen molar-refractivity contribution in [2.24, 2.45) is 0 Å². The van der Waals surface area contributed by atoms with Crippen molar-refractivity contribution in [2.45, 2.75) is 25.4 Å². The van der Waals surface area contributed by atoms with Gasteiger partial charge in [0.1, 0.15) is 0 Å². The molecule has 92 valence electrons.